The molecule has 8 nitrogen and oxygen atoms in total. The van der Waals surface area contributed by atoms with Crippen LogP contribution in [0.25, 0.3) is 22.4 Å². The van der Waals surface area contributed by atoms with Gasteiger partial charge in [0, 0.05) is 45.8 Å². The molecule has 0 aliphatic carbocycles. The highest BCUT2D eigenvalue weighted by Crippen LogP contribution is 2.35. The molecule has 0 fully saturated rings. The number of hydrogen-bond donors (Lipinski definition) is 3. The molecule has 0 atom stereocenters. The fourth-order valence-electron chi connectivity index (χ4n) is 4.22. The monoisotopic (exact) mass is 557 g/mol. The van der Waals surface area contributed by atoms with Gasteiger partial charge in [-0.1, -0.05) is 47.5 Å². The van der Waals surface area contributed by atoms with Gasteiger partial charge in [-0.15, -0.1) is 0 Å². The second kappa shape index (κ2) is 10.7. The van der Waals surface area contributed by atoms with E-state index in [2.05, 4.69) is 20.6 Å². The van der Waals surface area contributed by atoms with E-state index < -0.39 is 0 Å². The molecule has 3 N–H and O–H groups in total. The smallest absolute Gasteiger partial charge is 0.267 e. The summed E-state index contributed by atoms with van der Waals surface area (Å²) in [6.45, 7) is 0.528. The molecule has 194 valence electrons. The molecule has 3 aromatic carbocycles. The Hall–Kier alpha value is -4.53. The number of hydrogen-bond acceptors (Lipinski definition) is 6. The molecule has 1 amide bonds. The molecule has 0 saturated carbocycles. The first-order valence-electron chi connectivity index (χ1n) is 12.0. The summed E-state index contributed by atoms with van der Waals surface area (Å²) in [5.41, 5.74) is 4.90. The minimum Gasteiger partial charge on any atom is -0.454 e. The lowest BCUT2D eigenvalue weighted by Gasteiger charge is -2.11. The Bertz CT molecular complexity index is 1650. The zero-order chi connectivity index (χ0) is 26.8. The lowest BCUT2D eigenvalue weighted by atomic mass is 10.0. The van der Waals surface area contributed by atoms with Gasteiger partial charge in [0.15, 0.2) is 11.5 Å². The van der Waals surface area contributed by atoms with Crippen molar-refractivity contribution in [1.82, 2.24) is 20.3 Å². The van der Waals surface area contributed by atoms with Crippen LogP contribution in [0, 0.1) is 0 Å². The Morgan fingerprint density at radius 1 is 0.923 bits per heavy atom. The fourth-order valence-corrected chi connectivity index (χ4v) is 4.75. The molecule has 0 spiro atoms. The van der Waals surface area contributed by atoms with Crippen LogP contribution in [0.5, 0.6) is 11.5 Å². The Morgan fingerprint density at radius 2 is 1.72 bits per heavy atom. The van der Waals surface area contributed by atoms with Crippen LogP contribution in [0.15, 0.2) is 85.2 Å². The average molecular weight is 558 g/mol. The molecular weight excluding hydrogens is 537 g/mol. The van der Waals surface area contributed by atoms with E-state index in [1.165, 1.54) is 0 Å². The number of aromatic amines is 1. The molecule has 3 heterocycles. The number of ether oxygens (including phenoxy) is 2. The van der Waals surface area contributed by atoms with Crippen LogP contribution in [0.4, 0.5) is 11.6 Å². The highest BCUT2D eigenvalue weighted by Gasteiger charge is 2.18. The zero-order valence-corrected chi connectivity index (χ0v) is 21.9. The van der Waals surface area contributed by atoms with E-state index >= 15 is 0 Å². The molecule has 2 aromatic heterocycles. The van der Waals surface area contributed by atoms with Gasteiger partial charge in [-0.3, -0.25) is 4.79 Å². The summed E-state index contributed by atoms with van der Waals surface area (Å²) in [6, 6.07) is 22.2. The molecule has 39 heavy (non-hydrogen) atoms. The number of H-pyrrole nitrogens is 1. The SMILES string of the molecule is O=C(NCc1ccc2c(c1)OCO2)c1cc(-c2nc(Nc3ccccc3)ncc2-c2cc(Cl)cc(Cl)c2)c[nH]1. The van der Waals surface area contributed by atoms with Gasteiger partial charge in [-0.05, 0) is 59.7 Å². The third-order valence-electron chi connectivity index (χ3n) is 6.08. The summed E-state index contributed by atoms with van der Waals surface area (Å²) in [7, 11) is 0. The Morgan fingerprint density at radius 3 is 2.54 bits per heavy atom. The fraction of sp³-hybridized carbons (Fsp3) is 0.0690. The van der Waals surface area contributed by atoms with Gasteiger partial charge < -0.3 is 25.1 Å². The highest BCUT2D eigenvalue weighted by molar-refractivity contribution is 6.35. The van der Waals surface area contributed by atoms with Crippen LogP contribution < -0.4 is 20.1 Å². The van der Waals surface area contributed by atoms with Crippen LogP contribution in [0.1, 0.15) is 16.1 Å². The van der Waals surface area contributed by atoms with Gasteiger partial charge in [0.05, 0.1) is 5.69 Å². The first kappa shape index (κ1) is 24.8. The van der Waals surface area contributed by atoms with Crippen molar-refractivity contribution >= 4 is 40.7 Å². The number of aromatic nitrogens is 3. The first-order valence-corrected chi connectivity index (χ1v) is 12.8. The van der Waals surface area contributed by atoms with E-state index in [1.54, 1.807) is 36.7 Å². The maximum Gasteiger partial charge on any atom is 0.267 e. The van der Waals surface area contributed by atoms with Gasteiger partial charge in [0.2, 0.25) is 12.7 Å². The number of fused-ring (bicyclic) bond motifs is 1. The third kappa shape index (κ3) is 5.52. The van der Waals surface area contributed by atoms with Gasteiger partial charge >= 0.3 is 0 Å². The molecule has 1 aliphatic rings. The molecule has 10 heteroatoms. The van der Waals surface area contributed by atoms with Crippen LogP contribution >= 0.6 is 23.2 Å². The van der Waals surface area contributed by atoms with Crippen LogP contribution in [0.3, 0.4) is 0 Å². The molecule has 6 rings (SSSR count). The molecular formula is C29H21Cl2N5O3. The Balaban J connectivity index is 1.29. The largest absolute Gasteiger partial charge is 0.454 e. The topological polar surface area (TPSA) is 101 Å². The molecule has 0 radical (unpaired) electrons. The van der Waals surface area contributed by atoms with Crippen molar-refractivity contribution in [3.05, 3.63) is 106 Å². The standard InChI is InChI=1S/C29H21Cl2N5O3/c30-20-9-18(10-21(31)12-20)23-15-34-29(35-22-4-2-1-3-5-22)36-27(23)19-11-24(32-14-19)28(37)33-13-17-6-7-25-26(8-17)39-16-38-25/h1-12,14-15,32H,13,16H2,(H,33,37)(H,34,35,36). The van der Waals surface area contributed by atoms with Crippen molar-refractivity contribution in [2.45, 2.75) is 6.54 Å². The van der Waals surface area contributed by atoms with Crippen LogP contribution in [-0.2, 0) is 6.54 Å². The third-order valence-corrected chi connectivity index (χ3v) is 6.52. The van der Waals surface area contributed by atoms with E-state index in [4.69, 9.17) is 37.7 Å². The van der Waals surface area contributed by atoms with Crippen molar-refractivity contribution in [3.63, 3.8) is 0 Å². The maximum absolute atomic E-state index is 13.0. The van der Waals surface area contributed by atoms with E-state index in [1.807, 2.05) is 48.5 Å². The number of nitrogens with zero attached hydrogens (tertiary/aromatic N) is 2. The number of rotatable bonds is 7. The lowest BCUT2D eigenvalue weighted by Crippen LogP contribution is -2.23. The van der Waals surface area contributed by atoms with Crippen LogP contribution in [0.2, 0.25) is 10.0 Å². The van der Waals surface area contributed by atoms with Gasteiger partial charge in [0.1, 0.15) is 5.69 Å². The number of nitrogens with one attached hydrogen (secondary N) is 3. The molecule has 0 bridgehead atoms. The number of halogens is 2. The molecule has 5 aromatic rings. The molecule has 1 aliphatic heterocycles. The minimum atomic E-state index is -0.261. The van der Waals surface area contributed by atoms with Crippen molar-refractivity contribution in [3.8, 4) is 33.9 Å². The summed E-state index contributed by atoms with van der Waals surface area (Å²) in [5.74, 6) is 1.51. The van der Waals surface area contributed by atoms with Crippen molar-refractivity contribution in [2.24, 2.45) is 0 Å². The van der Waals surface area contributed by atoms with Gasteiger partial charge in [-0.2, -0.15) is 0 Å². The van der Waals surface area contributed by atoms with Gasteiger partial charge in [0.25, 0.3) is 5.91 Å². The van der Waals surface area contributed by atoms with Crippen molar-refractivity contribution in [1.29, 1.82) is 0 Å². The van der Waals surface area contributed by atoms with E-state index in [0.717, 1.165) is 16.8 Å². The lowest BCUT2D eigenvalue weighted by molar-refractivity contribution is 0.0946. The molecule has 0 saturated heterocycles. The zero-order valence-electron chi connectivity index (χ0n) is 20.4. The first-order chi connectivity index (χ1) is 19.0. The number of para-hydroxylation sites is 1. The highest BCUT2D eigenvalue weighted by atomic mass is 35.5. The number of amides is 1. The number of carbonyl (C=O) groups excluding carboxylic acids is 1. The average Bonchev–Trinajstić information content (AvgIpc) is 3.62. The Kier molecular flexibility index (Phi) is 6.79. The van der Waals surface area contributed by atoms with Gasteiger partial charge in [-0.25, -0.2) is 9.97 Å². The number of carbonyl (C=O) groups is 1. The van der Waals surface area contributed by atoms with E-state index in [-0.39, 0.29) is 12.7 Å². The quantitative estimate of drug-likeness (QED) is 0.202. The number of anilines is 2. The Labute approximate surface area is 233 Å². The summed E-state index contributed by atoms with van der Waals surface area (Å²) in [5, 5.41) is 7.13. The predicted molar refractivity (Wildman–Crippen MR) is 151 cm³/mol. The normalized spacial score (nSPS) is 11.8. The maximum atomic E-state index is 13.0. The number of benzene rings is 3. The van der Waals surface area contributed by atoms with Crippen molar-refractivity contribution < 1.29 is 14.3 Å². The summed E-state index contributed by atoms with van der Waals surface area (Å²) in [4.78, 5) is 25.3. The van der Waals surface area contributed by atoms with E-state index in [9.17, 15) is 4.79 Å². The summed E-state index contributed by atoms with van der Waals surface area (Å²) in [6.07, 6.45) is 3.45. The second-order valence-corrected chi connectivity index (χ2v) is 9.65. The predicted octanol–water partition coefficient (Wildman–Crippen LogP) is 6.85. The second-order valence-electron chi connectivity index (χ2n) is 8.78. The minimum absolute atomic E-state index is 0.200. The molecule has 0 unspecified atom stereocenters. The van der Waals surface area contributed by atoms with E-state index in [0.29, 0.717) is 56.6 Å². The van der Waals surface area contributed by atoms with Crippen molar-refractivity contribution in [2.75, 3.05) is 12.1 Å². The van der Waals surface area contributed by atoms with Crippen LogP contribution in [-0.4, -0.2) is 27.7 Å². The summed E-state index contributed by atoms with van der Waals surface area (Å²) < 4.78 is 10.8. The summed E-state index contributed by atoms with van der Waals surface area (Å²) >= 11 is 12.6.